The highest BCUT2D eigenvalue weighted by Crippen LogP contribution is 2.21. The average molecular weight is 290 g/mol. The molecule has 2 heterocycles. The third kappa shape index (κ3) is 3.40. The Morgan fingerprint density at radius 3 is 2.86 bits per heavy atom. The van der Waals surface area contributed by atoms with Gasteiger partial charge in [-0.15, -0.1) is 0 Å². The van der Waals surface area contributed by atoms with Crippen molar-refractivity contribution >= 4 is 11.8 Å². The number of benzene rings is 1. The monoisotopic (exact) mass is 290 g/mol. The van der Waals surface area contributed by atoms with Gasteiger partial charge >= 0.3 is 0 Å². The van der Waals surface area contributed by atoms with Crippen LogP contribution in [0, 0.1) is 0 Å². The number of nitrogens with one attached hydrogen (secondary N) is 1. The fraction of sp³-hybridized carbons (Fsp3) is 0.467. The lowest BCUT2D eigenvalue weighted by Gasteiger charge is -2.26. The first kappa shape index (κ1) is 14.0. The van der Waals surface area contributed by atoms with Crippen LogP contribution in [0.5, 0.6) is 5.75 Å². The largest absolute Gasteiger partial charge is 0.492 e. The summed E-state index contributed by atoms with van der Waals surface area (Å²) in [5.74, 6) is 0.101. The van der Waals surface area contributed by atoms with Crippen molar-refractivity contribution in [2.24, 2.45) is 0 Å². The fourth-order valence-corrected chi connectivity index (χ4v) is 2.56. The minimum Gasteiger partial charge on any atom is -0.492 e. The van der Waals surface area contributed by atoms with Crippen LogP contribution in [0.3, 0.4) is 0 Å². The first-order chi connectivity index (χ1) is 10.2. The maximum atomic E-state index is 11.6. The molecule has 6 nitrogen and oxygen atoms in total. The number of imide groups is 1. The zero-order valence-electron chi connectivity index (χ0n) is 11.8. The molecular formula is C15H18N2O4. The van der Waals surface area contributed by atoms with Gasteiger partial charge in [-0.25, -0.2) is 0 Å². The summed E-state index contributed by atoms with van der Waals surface area (Å²) in [4.78, 5) is 25.3. The van der Waals surface area contributed by atoms with Crippen LogP contribution in [0.1, 0.15) is 15.9 Å². The second-order valence-electron chi connectivity index (χ2n) is 5.18. The van der Waals surface area contributed by atoms with E-state index in [4.69, 9.17) is 9.47 Å². The van der Waals surface area contributed by atoms with E-state index >= 15 is 0 Å². The lowest BCUT2D eigenvalue weighted by molar-refractivity contribution is -0.119. The van der Waals surface area contributed by atoms with Crippen molar-refractivity contribution in [2.75, 3.05) is 39.5 Å². The number of carbonyl (C=O) groups excluding carboxylic acids is 2. The highest BCUT2D eigenvalue weighted by Gasteiger charge is 2.22. The van der Waals surface area contributed by atoms with E-state index in [1.54, 1.807) is 18.2 Å². The Kier molecular flexibility index (Phi) is 4.17. The van der Waals surface area contributed by atoms with E-state index < -0.39 is 0 Å². The molecule has 1 N–H and O–H groups in total. The number of amides is 2. The molecule has 0 radical (unpaired) electrons. The summed E-state index contributed by atoms with van der Waals surface area (Å²) in [5, 5.41) is 2.30. The Morgan fingerprint density at radius 1 is 1.24 bits per heavy atom. The van der Waals surface area contributed by atoms with Crippen LogP contribution in [-0.2, 0) is 16.0 Å². The smallest absolute Gasteiger partial charge is 0.258 e. The number of fused-ring (bicyclic) bond motifs is 1. The highest BCUT2D eigenvalue weighted by atomic mass is 16.5. The van der Waals surface area contributed by atoms with Gasteiger partial charge in [-0.3, -0.25) is 19.8 Å². The quantitative estimate of drug-likeness (QED) is 0.803. The molecule has 2 amide bonds. The molecule has 1 aromatic rings. The lowest BCUT2D eigenvalue weighted by atomic mass is 10.00. The maximum Gasteiger partial charge on any atom is 0.258 e. The lowest BCUT2D eigenvalue weighted by Crippen LogP contribution is -2.38. The third-order valence-corrected chi connectivity index (χ3v) is 3.71. The minimum atomic E-state index is -0.332. The van der Waals surface area contributed by atoms with Crippen molar-refractivity contribution in [1.29, 1.82) is 0 Å². The molecule has 0 saturated carbocycles. The van der Waals surface area contributed by atoms with Crippen molar-refractivity contribution in [2.45, 2.75) is 6.42 Å². The molecule has 1 fully saturated rings. The van der Waals surface area contributed by atoms with E-state index in [0.29, 0.717) is 17.9 Å². The van der Waals surface area contributed by atoms with Crippen molar-refractivity contribution in [3.8, 4) is 5.75 Å². The topological polar surface area (TPSA) is 67.9 Å². The molecule has 0 spiro atoms. The molecule has 0 atom stereocenters. The Balaban J connectivity index is 1.57. The molecule has 0 unspecified atom stereocenters. The molecule has 112 valence electrons. The van der Waals surface area contributed by atoms with E-state index in [1.165, 1.54) is 0 Å². The van der Waals surface area contributed by atoms with Gasteiger partial charge in [-0.1, -0.05) is 0 Å². The van der Waals surface area contributed by atoms with Gasteiger partial charge in [-0.2, -0.15) is 0 Å². The van der Waals surface area contributed by atoms with Crippen LogP contribution in [0.15, 0.2) is 18.2 Å². The summed E-state index contributed by atoms with van der Waals surface area (Å²) in [5.41, 5.74) is 1.28. The second-order valence-corrected chi connectivity index (χ2v) is 5.18. The first-order valence-corrected chi connectivity index (χ1v) is 7.12. The molecular weight excluding hydrogens is 272 g/mol. The van der Waals surface area contributed by atoms with Gasteiger partial charge in [0.25, 0.3) is 5.91 Å². The van der Waals surface area contributed by atoms with Crippen LogP contribution in [0.2, 0.25) is 0 Å². The SMILES string of the molecule is O=C1Cc2cc(OCCN3CCOCC3)ccc2C(=O)N1. The second kappa shape index (κ2) is 6.24. The number of rotatable bonds is 4. The summed E-state index contributed by atoms with van der Waals surface area (Å²) in [6.07, 6.45) is 0.224. The standard InChI is InChI=1S/C15H18N2O4/c18-14-10-11-9-12(1-2-13(11)15(19)16-14)21-8-5-17-3-6-20-7-4-17/h1-2,9H,3-8,10H2,(H,16,18,19). The van der Waals surface area contributed by atoms with Crippen LogP contribution in [-0.4, -0.2) is 56.2 Å². The van der Waals surface area contributed by atoms with E-state index in [1.807, 2.05) is 0 Å². The molecule has 2 aliphatic heterocycles. The van der Waals surface area contributed by atoms with Crippen LogP contribution < -0.4 is 10.1 Å². The summed E-state index contributed by atoms with van der Waals surface area (Å²) in [7, 11) is 0. The molecule has 6 heteroatoms. The van der Waals surface area contributed by atoms with Gasteiger partial charge in [0.1, 0.15) is 12.4 Å². The maximum absolute atomic E-state index is 11.6. The van der Waals surface area contributed by atoms with Crippen molar-refractivity contribution in [3.05, 3.63) is 29.3 Å². The highest BCUT2D eigenvalue weighted by molar-refractivity contribution is 6.09. The predicted octanol–water partition coefficient (Wildman–Crippen LogP) is 0.210. The van der Waals surface area contributed by atoms with E-state index in [-0.39, 0.29) is 18.2 Å². The molecule has 0 aromatic heterocycles. The number of hydrogen-bond acceptors (Lipinski definition) is 5. The molecule has 0 bridgehead atoms. The number of morpholine rings is 1. The number of carbonyl (C=O) groups is 2. The van der Waals surface area contributed by atoms with Gasteiger partial charge in [0, 0.05) is 25.2 Å². The number of hydrogen-bond donors (Lipinski definition) is 1. The molecule has 21 heavy (non-hydrogen) atoms. The summed E-state index contributed by atoms with van der Waals surface area (Å²) < 4.78 is 11.0. The van der Waals surface area contributed by atoms with Gasteiger partial charge in [-0.05, 0) is 23.8 Å². The third-order valence-electron chi connectivity index (χ3n) is 3.71. The normalized spacial score (nSPS) is 19.0. The average Bonchev–Trinajstić information content (AvgIpc) is 2.48. The van der Waals surface area contributed by atoms with Crippen LogP contribution in [0.25, 0.3) is 0 Å². The molecule has 1 aromatic carbocycles. The van der Waals surface area contributed by atoms with Gasteiger partial charge in [0.15, 0.2) is 0 Å². The number of ether oxygens (including phenoxy) is 2. The predicted molar refractivity (Wildman–Crippen MR) is 75.4 cm³/mol. The van der Waals surface area contributed by atoms with Crippen LogP contribution in [0.4, 0.5) is 0 Å². The fourth-order valence-electron chi connectivity index (χ4n) is 2.56. The molecule has 3 rings (SSSR count). The summed E-state index contributed by atoms with van der Waals surface area (Å²) >= 11 is 0. The van der Waals surface area contributed by atoms with Crippen LogP contribution >= 0.6 is 0 Å². The van der Waals surface area contributed by atoms with E-state index in [0.717, 1.165) is 38.4 Å². The Morgan fingerprint density at radius 2 is 2.05 bits per heavy atom. The van der Waals surface area contributed by atoms with Gasteiger partial charge < -0.3 is 9.47 Å². The van der Waals surface area contributed by atoms with Crippen molar-refractivity contribution in [1.82, 2.24) is 10.2 Å². The Hall–Kier alpha value is -1.92. The summed E-state index contributed by atoms with van der Waals surface area (Å²) in [6, 6.07) is 5.26. The van der Waals surface area contributed by atoms with E-state index in [9.17, 15) is 9.59 Å². The van der Waals surface area contributed by atoms with E-state index in [2.05, 4.69) is 10.2 Å². The first-order valence-electron chi connectivity index (χ1n) is 7.12. The Bertz CT molecular complexity index is 553. The minimum absolute atomic E-state index is 0.224. The van der Waals surface area contributed by atoms with Crippen molar-refractivity contribution in [3.63, 3.8) is 0 Å². The number of nitrogens with zero attached hydrogens (tertiary/aromatic N) is 1. The molecule has 2 aliphatic rings. The van der Waals surface area contributed by atoms with Gasteiger partial charge in [0.05, 0.1) is 19.6 Å². The van der Waals surface area contributed by atoms with Gasteiger partial charge in [0.2, 0.25) is 5.91 Å². The zero-order chi connectivity index (χ0) is 14.7. The molecule has 0 aliphatic carbocycles. The zero-order valence-corrected chi connectivity index (χ0v) is 11.8. The summed E-state index contributed by atoms with van der Waals surface area (Å²) in [6.45, 7) is 4.84. The Labute approximate surface area is 123 Å². The molecule has 1 saturated heterocycles. The van der Waals surface area contributed by atoms with Crippen molar-refractivity contribution < 1.29 is 19.1 Å².